The number of hydrogen-bond donors (Lipinski definition) is 1. The second-order valence-electron chi connectivity index (χ2n) is 3.43. The summed E-state index contributed by atoms with van der Waals surface area (Å²) in [5, 5.41) is 3.21. The van der Waals surface area contributed by atoms with Crippen LogP contribution in [-0.4, -0.2) is 6.54 Å². The van der Waals surface area contributed by atoms with Gasteiger partial charge in [-0.1, -0.05) is 43.4 Å². The Bertz CT molecular complexity index is 398. The highest BCUT2D eigenvalue weighted by atomic mass is 14.8. The smallest absolute Gasteiger partial charge is 0.0776 e. The predicted molar refractivity (Wildman–Crippen MR) is 70.0 cm³/mol. The van der Waals surface area contributed by atoms with Crippen LogP contribution in [0.3, 0.4) is 0 Å². The van der Waals surface area contributed by atoms with E-state index < -0.39 is 0 Å². The first-order chi connectivity index (χ1) is 7.93. The van der Waals surface area contributed by atoms with E-state index >= 15 is 0 Å². The molecule has 0 unspecified atom stereocenters. The van der Waals surface area contributed by atoms with Crippen LogP contribution in [0.5, 0.6) is 0 Å². The van der Waals surface area contributed by atoms with Crippen LogP contribution in [-0.2, 0) is 0 Å². The van der Waals surface area contributed by atoms with Gasteiger partial charge < -0.3 is 5.32 Å². The van der Waals surface area contributed by atoms with Gasteiger partial charge in [0.25, 0.3) is 0 Å². The fraction of sp³-hybridized carbons (Fsp3) is 0.333. The summed E-state index contributed by atoms with van der Waals surface area (Å²) in [6.07, 6.45) is 3.31. The van der Waals surface area contributed by atoms with Gasteiger partial charge in [-0.05, 0) is 30.4 Å². The van der Waals surface area contributed by atoms with E-state index in [0.717, 1.165) is 18.5 Å². The van der Waals surface area contributed by atoms with Crippen molar-refractivity contribution >= 4 is 5.69 Å². The highest BCUT2D eigenvalue weighted by Crippen LogP contribution is 2.03. The summed E-state index contributed by atoms with van der Waals surface area (Å²) >= 11 is 0. The second-order valence-corrected chi connectivity index (χ2v) is 3.43. The zero-order valence-corrected chi connectivity index (χ0v) is 9.72. The topological polar surface area (TPSA) is 12.0 Å². The zero-order chi connectivity index (χ0) is 11.5. The normalized spacial score (nSPS) is 8.31. The van der Waals surface area contributed by atoms with E-state index in [4.69, 9.17) is 0 Å². The average molecular weight is 211 g/mol. The van der Waals surface area contributed by atoms with E-state index in [1.807, 2.05) is 30.3 Å². The highest BCUT2D eigenvalue weighted by Gasteiger charge is 1.83. The molecule has 1 aromatic carbocycles. The summed E-state index contributed by atoms with van der Waals surface area (Å²) in [4.78, 5) is 0. The molecule has 0 atom stereocenters. The number of para-hydroxylation sites is 1. The molecule has 1 heteroatoms. The summed E-state index contributed by atoms with van der Waals surface area (Å²) in [6, 6.07) is 10.0. The van der Waals surface area contributed by atoms with Gasteiger partial charge in [0.1, 0.15) is 0 Å². The lowest BCUT2D eigenvalue weighted by atomic mass is 10.2. The molecule has 0 saturated heterocycles. The quantitative estimate of drug-likeness (QED) is 0.595. The minimum atomic E-state index is 0.645. The Kier molecular flexibility index (Phi) is 6.45. The lowest BCUT2D eigenvalue weighted by molar-refractivity contribution is 0.828. The minimum absolute atomic E-state index is 0.645. The first kappa shape index (κ1) is 12.2. The average Bonchev–Trinajstić information content (AvgIpc) is 2.34. The van der Waals surface area contributed by atoms with Gasteiger partial charge in [0.2, 0.25) is 0 Å². The van der Waals surface area contributed by atoms with Crippen molar-refractivity contribution < 1.29 is 0 Å². The van der Waals surface area contributed by atoms with Crippen molar-refractivity contribution in [1.29, 1.82) is 0 Å². The summed E-state index contributed by atoms with van der Waals surface area (Å²) in [5.41, 5.74) is 1.09. The molecule has 16 heavy (non-hydrogen) atoms. The molecule has 0 fully saturated rings. The molecule has 1 aromatic rings. The van der Waals surface area contributed by atoms with E-state index in [9.17, 15) is 0 Å². The van der Waals surface area contributed by atoms with Crippen LogP contribution >= 0.6 is 0 Å². The van der Waals surface area contributed by atoms with Crippen molar-refractivity contribution in [3.63, 3.8) is 0 Å². The summed E-state index contributed by atoms with van der Waals surface area (Å²) in [7, 11) is 0. The molecule has 1 nitrogen and oxygen atoms in total. The van der Waals surface area contributed by atoms with Crippen molar-refractivity contribution in [1.82, 2.24) is 0 Å². The molecule has 0 aliphatic rings. The molecule has 0 heterocycles. The van der Waals surface area contributed by atoms with Gasteiger partial charge in [-0.25, -0.2) is 0 Å². The number of rotatable bonds is 4. The molecule has 82 valence electrons. The van der Waals surface area contributed by atoms with Crippen LogP contribution in [0.1, 0.15) is 26.2 Å². The molecule has 0 spiro atoms. The Morgan fingerprint density at radius 3 is 2.56 bits per heavy atom. The van der Waals surface area contributed by atoms with Gasteiger partial charge in [0, 0.05) is 12.1 Å². The van der Waals surface area contributed by atoms with E-state index in [1.54, 1.807) is 0 Å². The first-order valence-corrected chi connectivity index (χ1v) is 5.68. The molecule has 1 rings (SSSR count). The summed E-state index contributed by atoms with van der Waals surface area (Å²) < 4.78 is 0. The maximum Gasteiger partial charge on any atom is 0.0776 e. The van der Waals surface area contributed by atoms with Gasteiger partial charge in [-0.15, -0.1) is 0 Å². The van der Waals surface area contributed by atoms with E-state index in [0.29, 0.717) is 6.54 Å². The van der Waals surface area contributed by atoms with Crippen LogP contribution in [0.2, 0.25) is 0 Å². The Hall–Kier alpha value is -1.86. The van der Waals surface area contributed by atoms with Crippen LogP contribution < -0.4 is 5.32 Å². The third-order valence-corrected chi connectivity index (χ3v) is 2.05. The van der Waals surface area contributed by atoms with Gasteiger partial charge in [-0.2, -0.15) is 0 Å². The SMILES string of the molecule is CCCCC#CC#CCNc1ccccc1. The van der Waals surface area contributed by atoms with Gasteiger partial charge in [-0.3, -0.25) is 0 Å². The van der Waals surface area contributed by atoms with Crippen molar-refractivity contribution in [3.8, 4) is 23.7 Å². The first-order valence-electron chi connectivity index (χ1n) is 5.68. The van der Waals surface area contributed by atoms with Crippen LogP contribution in [0, 0.1) is 23.7 Å². The third-order valence-electron chi connectivity index (χ3n) is 2.05. The third kappa shape index (κ3) is 5.78. The second kappa shape index (κ2) is 8.45. The minimum Gasteiger partial charge on any atom is -0.374 e. The van der Waals surface area contributed by atoms with E-state index in [-0.39, 0.29) is 0 Å². The number of nitrogens with one attached hydrogen (secondary N) is 1. The van der Waals surface area contributed by atoms with Crippen molar-refractivity contribution in [2.45, 2.75) is 26.2 Å². The van der Waals surface area contributed by atoms with Crippen molar-refractivity contribution in [2.24, 2.45) is 0 Å². The standard InChI is InChI=1S/C15H17N/c1-2-3-4-5-6-7-11-14-16-15-12-9-8-10-13-15/h8-10,12-13,16H,2-4,14H2,1H3. The zero-order valence-electron chi connectivity index (χ0n) is 9.72. The predicted octanol–water partition coefficient (Wildman–Crippen LogP) is 3.30. The molecule has 0 aromatic heterocycles. The molecule has 0 saturated carbocycles. The van der Waals surface area contributed by atoms with Crippen molar-refractivity contribution in [3.05, 3.63) is 30.3 Å². The monoisotopic (exact) mass is 211 g/mol. The molecule has 0 aliphatic heterocycles. The fourth-order valence-electron chi connectivity index (χ4n) is 1.16. The number of benzene rings is 1. The summed E-state index contributed by atoms with van der Waals surface area (Å²) in [6.45, 7) is 2.81. The largest absolute Gasteiger partial charge is 0.374 e. The summed E-state index contributed by atoms with van der Waals surface area (Å²) in [5.74, 6) is 11.7. The van der Waals surface area contributed by atoms with Gasteiger partial charge >= 0.3 is 0 Å². The Morgan fingerprint density at radius 2 is 1.81 bits per heavy atom. The highest BCUT2D eigenvalue weighted by molar-refractivity contribution is 5.44. The fourth-order valence-corrected chi connectivity index (χ4v) is 1.16. The maximum absolute atomic E-state index is 3.21. The van der Waals surface area contributed by atoms with Crippen LogP contribution in [0.25, 0.3) is 0 Å². The van der Waals surface area contributed by atoms with Crippen molar-refractivity contribution in [2.75, 3.05) is 11.9 Å². The number of anilines is 1. The Balaban J connectivity index is 2.20. The molecule has 0 radical (unpaired) electrons. The molecule has 0 bridgehead atoms. The maximum atomic E-state index is 3.21. The Morgan fingerprint density at radius 1 is 1.06 bits per heavy atom. The van der Waals surface area contributed by atoms with Gasteiger partial charge in [0.05, 0.1) is 6.54 Å². The van der Waals surface area contributed by atoms with Crippen LogP contribution in [0.15, 0.2) is 30.3 Å². The molecular formula is C15H17N. The molecule has 0 amide bonds. The van der Waals surface area contributed by atoms with Gasteiger partial charge in [0.15, 0.2) is 0 Å². The molecule has 0 aliphatic carbocycles. The van der Waals surface area contributed by atoms with E-state index in [2.05, 4.69) is 35.9 Å². The lowest BCUT2D eigenvalue weighted by Crippen LogP contribution is -1.97. The molecule has 1 N–H and O–H groups in total. The Labute approximate surface area is 98.3 Å². The number of unbranched alkanes of at least 4 members (excludes halogenated alkanes) is 2. The number of hydrogen-bond acceptors (Lipinski definition) is 1. The lowest BCUT2D eigenvalue weighted by Gasteiger charge is -1.99. The van der Waals surface area contributed by atoms with Crippen LogP contribution in [0.4, 0.5) is 5.69 Å². The van der Waals surface area contributed by atoms with E-state index in [1.165, 1.54) is 6.42 Å². The molecular weight excluding hydrogens is 194 g/mol.